The van der Waals surface area contributed by atoms with Gasteiger partial charge < -0.3 is 10.4 Å². The molecule has 0 saturated carbocycles. The minimum Gasteiger partial charge on any atom is -0.396 e. The van der Waals surface area contributed by atoms with Gasteiger partial charge in [0.05, 0.1) is 4.92 Å². The number of nitrogens with one attached hydrogen (secondary N) is 1. The van der Waals surface area contributed by atoms with E-state index in [0.717, 1.165) is 24.2 Å². The van der Waals surface area contributed by atoms with E-state index in [1.165, 1.54) is 6.20 Å². The van der Waals surface area contributed by atoms with Crippen LogP contribution >= 0.6 is 11.3 Å². The number of rotatable bonds is 7. The number of thiazole rings is 1. The zero-order chi connectivity index (χ0) is 12.9. The summed E-state index contributed by atoms with van der Waals surface area (Å²) in [4.78, 5) is 14.0. The van der Waals surface area contributed by atoms with Gasteiger partial charge >= 0.3 is 5.00 Å². The number of nitrogens with zero attached hydrogens (tertiary/aromatic N) is 2. The van der Waals surface area contributed by atoms with Crippen LogP contribution in [0.5, 0.6) is 0 Å². The van der Waals surface area contributed by atoms with Gasteiger partial charge in [0.1, 0.15) is 6.20 Å². The maximum atomic E-state index is 10.5. The maximum absolute atomic E-state index is 10.5. The lowest BCUT2D eigenvalue weighted by Gasteiger charge is -2.24. The zero-order valence-corrected chi connectivity index (χ0v) is 10.8. The van der Waals surface area contributed by atoms with Crippen molar-refractivity contribution < 1.29 is 10.0 Å². The van der Waals surface area contributed by atoms with Crippen LogP contribution in [0.3, 0.4) is 0 Å². The van der Waals surface area contributed by atoms with Crippen molar-refractivity contribution in [1.29, 1.82) is 0 Å². The van der Waals surface area contributed by atoms with Crippen LogP contribution in [0.4, 0.5) is 10.1 Å². The summed E-state index contributed by atoms with van der Waals surface area (Å²) >= 11 is 1.03. The quantitative estimate of drug-likeness (QED) is 0.579. The second kappa shape index (κ2) is 5.92. The predicted molar refractivity (Wildman–Crippen MR) is 67.4 cm³/mol. The van der Waals surface area contributed by atoms with Crippen molar-refractivity contribution in [2.75, 3.05) is 18.5 Å². The van der Waals surface area contributed by atoms with Gasteiger partial charge in [0.25, 0.3) is 0 Å². The second-order valence-electron chi connectivity index (χ2n) is 4.61. The maximum Gasteiger partial charge on any atom is 0.345 e. The molecule has 0 unspecified atom stereocenters. The lowest BCUT2D eigenvalue weighted by molar-refractivity contribution is -0.380. The lowest BCUT2D eigenvalue weighted by atomic mass is 9.88. The second-order valence-corrected chi connectivity index (χ2v) is 5.61. The molecule has 1 heterocycles. The largest absolute Gasteiger partial charge is 0.396 e. The zero-order valence-electron chi connectivity index (χ0n) is 9.97. The van der Waals surface area contributed by atoms with Crippen LogP contribution in [-0.2, 0) is 0 Å². The number of anilines is 1. The minimum absolute atomic E-state index is 0.0309. The molecule has 1 rings (SSSR count). The average Bonchev–Trinajstić information content (AvgIpc) is 2.73. The Morgan fingerprint density at radius 1 is 1.65 bits per heavy atom. The van der Waals surface area contributed by atoms with Crippen molar-refractivity contribution in [2.24, 2.45) is 5.41 Å². The molecule has 0 atom stereocenters. The summed E-state index contributed by atoms with van der Waals surface area (Å²) in [7, 11) is 0. The van der Waals surface area contributed by atoms with Gasteiger partial charge in [0.2, 0.25) is 0 Å². The van der Waals surface area contributed by atoms with E-state index in [1.807, 2.05) is 0 Å². The first-order valence-corrected chi connectivity index (χ1v) is 6.21. The molecule has 1 aromatic heterocycles. The molecule has 1 aromatic rings. The number of nitro groups is 1. The molecule has 0 bridgehead atoms. The molecule has 0 aliphatic carbocycles. The van der Waals surface area contributed by atoms with Crippen LogP contribution in [0.25, 0.3) is 0 Å². The van der Waals surface area contributed by atoms with Gasteiger partial charge in [-0.3, -0.25) is 10.1 Å². The van der Waals surface area contributed by atoms with Crippen molar-refractivity contribution >= 4 is 21.5 Å². The average molecular weight is 259 g/mol. The molecule has 7 heteroatoms. The summed E-state index contributed by atoms with van der Waals surface area (Å²) in [6.07, 6.45) is 2.91. The summed E-state index contributed by atoms with van der Waals surface area (Å²) in [5.41, 5.74) is 0.0309. The van der Waals surface area contributed by atoms with Crippen molar-refractivity contribution in [3.63, 3.8) is 0 Å². The van der Waals surface area contributed by atoms with E-state index in [2.05, 4.69) is 24.1 Å². The third-order valence-electron chi connectivity index (χ3n) is 2.40. The molecule has 6 nitrogen and oxygen atoms in total. The van der Waals surface area contributed by atoms with Crippen LogP contribution in [0.15, 0.2) is 6.20 Å². The summed E-state index contributed by atoms with van der Waals surface area (Å²) in [5, 5.41) is 22.9. The Kier molecular flexibility index (Phi) is 4.83. The van der Waals surface area contributed by atoms with E-state index >= 15 is 0 Å². The molecular formula is C10H17N3O3S. The molecule has 17 heavy (non-hydrogen) atoms. The standard InChI is InChI=1S/C10H17N3O3S/c1-10(2,4-3-5-14)7-12-9-11-6-8(17-9)13(15)16/h6,14H,3-5,7H2,1-2H3,(H,11,12). The summed E-state index contributed by atoms with van der Waals surface area (Å²) < 4.78 is 0. The first-order chi connectivity index (χ1) is 7.94. The van der Waals surface area contributed by atoms with Gasteiger partial charge in [0, 0.05) is 13.2 Å². The van der Waals surface area contributed by atoms with E-state index in [-0.39, 0.29) is 17.0 Å². The van der Waals surface area contributed by atoms with Gasteiger partial charge in [-0.15, -0.1) is 0 Å². The van der Waals surface area contributed by atoms with Gasteiger partial charge in [-0.2, -0.15) is 0 Å². The molecule has 96 valence electrons. The molecule has 2 N–H and O–H groups in total. The fourth-order valence-corrected chi connectivity index (χ4v) is 2.02. The molecule has 0 fully saturated rings. The Morgan fingerprint density at radius 3 is 2.88 bits per heavy atom. The highest BCUT2D eigenvalue weighted by atomic mass is 32.1. The predicted octanol–water partition coefficient (Wildman–Crippen LogP) is 2.26. The molecule has 0 radical (unpaired) electrons. The highest BCUT2D eigenvalue weighted by Crippen LogP contribution is 2.27. The Balaban J connectivity index is 2.46. The molecule has 0 amide bonds. The summed E-state index contributed by atoms with van der Waals surface area (Å²) in [6.45, 7) is 5.03. The Hall–Kier alpha value is -1.21. The van der Waals surface area contributed by atoms with Crippen molar-refractivity contribution in [3.8, 4) is 0 Å². The highest BCUT2D eigenvalue weighted by Gasteiger charge is 2.18. The van der Waals surface area contributed by atoms with E-state index in [0.29, 0.717) is 11.7 Å². The number of aliphatic hydroxyl groups is 1. The van der Waals surface area contributed by atoms with Gasteiger partial charge in [-0.25, -0.2) is 4.98 Å². The van der Waals surface area contributed by atoms with E-state index < -0.39 is 4.92 Å². The molecular weight excluding hydrogens is 242 g/mol. The topological polar surface area (TPSA) is 88.3 Å². The summed E-state index contributed by atoms with van der Waals surface area (Å²) in [5.74, 6) is 0. The molecule has 0 saturated heterocycles. The monoisotopic (exact) mass is 259 g/mol. The highest BCUT2D eigenvalue weighted by molar-refractivity contribution is 7.18. The van der Waals surface area contributed by atoms with Crippen LogP contribution in [0.2, 0.25) is 0 Å². The fraction of sp³-hybridized carbons (Fsp3) is 0.700. The van der Waals surface area contributed by atoms with Crippen molar-refractivity contribution in [2.45, 2.75) is 26.7 Å². The minimum atomic E-state index is -0.445. The van der Waals surface area contributed by atoms with Gasteiger partial charge in [0.15, 0.2) is 5.13 Å². The van der Waals surface area contributed by atoms with E-state index in [1.54, 1.807) is 0 Å². The number of hydrogen-bond acceptors (Lipinski definition) is 6. The number of aliphatic hydroxyl groups excluding tert-OH is 1. The first kappa shape index (κ1) is 13.9. The van der Waals surface area contributed by atoms with Crippen molar-refractivity contribution in [1.82, 2.24) is 4.98 Å². The van der Waals surface area contributed by atoms with Crippen LogP contribution < -0.4 is 5.32 Å². The molecule has 0 aliphatic rings. The molecule has 0 aliphatic heterocycles. The SMILES string of the molecule is CC(C)(CCCO)CNc1ncc([N+](=O)[O-])s1. The number of aromatic nitrogens is 1. The Labute approximate surface area is 104 Å². The van der Waals surface area contributed by atoms with Crippen LogP contribution in [0, 0.1) is 15.5 Å². The normalized spacial score (nSPS) is 11.5. The molecule has 0 spiro atoms. The Bertz CT molecular complexity index is 379. The van der Waals surface area contributed by atoms with E-state index in [9.17, 15) is 10.1 Å². The summed E-state index contributed by atoms with van der Waals surface area (Å²) in [6, 6.07) is 0. The Morgan fingerprint density at radius 2 is 2.35 bits per heavy atom. The van der Waals surface area contributed by atoms with Gasteiger partial charge in [-0.05, 0) is 29.6 Å². The smallest absolute Gasteiger partial charge is 0.345 e. The first-order valence-electron chi connectivity index (χ1n) is 5.39. The van der Waals surface area contributed by atoms with Crippen LogP contribution in [0.1, 0.15) is 26.7 Å². The van der Waals surface area contributed by atoms with Gasteiger partial charge in [-0.1, -0.05) is 13.8 Å². The van der Waals surface area contributed by atoms with E-state index in [4.69, 9.17) is 5.11 Å². The van der Waals surface area contributed by atoms with Crippen molar-refractivity contribution in [3.05, 3.63) is 16.3 Å². The van der Waals surface area contributed by atoms with Crippen LogP contribution in [-0.4, -0.2) is 28.2 Å². The molecule has 0 aromatic carbocycles. The number of hydrogen-bond donors (Lipinski definition) is 2. The lowest BCUT2D eigenvalue weighted by Crippen LogP contribution is -2.23. The fourth-order valence-electron chi connectivity index (χ4n) is 1.39. The third kappa shape index (κ3) is 4.66. The third-order valence-corrected chi connectivity index (χ3v) is 3.31.